The summed E-state index contributed by atoms with van der Waals surface area (Å²) < 4.78 is 4.84. The molecule has 2 N–H and O–H groups in total. The number of nitrogens with one attached hydrogen (secondary N) is 1. The summed E-state index contributed by atoms with van der Waals surface area (Å²) in [5.74, 6) is -0.160. The van der Waals surface area contributed by atoms with Crippen LogP contribution < -0.4 is 5.32 Å². The first-order valence-electron chi connectivity index (χ1n) is 6.14. The highest BCUT2D eigenvalue weighted by Gasteiger charge is 2.35. The van der Waals surface area contributed by atoms with Gasteiger partial charge in [-0.1, -0.05) is 12.1 Å². The molecule has 0 bridgehead atoms. The number of carboxylic acid groups (broad SMARTS) is 1. The van der Waals surface area contributed by atoms with E-state index in [9.17, 15) is 9.59 Å². The van der Waals surface area contributed by atoms with Gasteiger partial charge in [0.25, 0.3) is 0 Å². The van der Waals surface area contributed by atoms with Gasteiger partial charge in [-0.15, -0.1) is 0 Å². The highest BCUT2D eigenvalue weighted by atomic mass is 16.5. The molecule has 0 aliphatic carbocycles. The fourth-order valence-corrected chi connectivity index (χ4v) is 2.07. The van der Waals surface area contributed by atoms with Crippen molar-refractivity contribution in [3.05, 3.63) is 11.8 Å². The molecular formula is C12H17N3O4. The van der Waals surface area contributed by atoms with E-state index in [0.717, 1.165) is 0 Å². The van der Waals surface area contributed by atoms with Crippen molar-refractivity contribution in [2.45, 2.75) is 13.8 Å². The highest BCUT2D eigenvalue weighted by Crippen LogP contribution is 2.23. The van der Waals surface area contributed by atoms with Crippen LogP contribution in [0.1, 0.15) is 12.7 Å². The number of carbonyl (C=O) groups excluding carboxylic acids is 1. The maximum Gasteiger partial charge on any atom is 0.306 e. The Morgan fingerprint density at radius 1 is 1.63 bits per heavy atom. The second-order valence-electron chi connectivity index (χ2n) is 4.95. The van der Waals surface area contributed by atoms with E-state index < -0.39 is 5.97 Å². The van der Waals surface area contributed by atoms with Gasteiger partial charge in [-0.25, -0.2) is 0 Å². The van der Waals surface area contributed by atoms with Crippen LogP contribution in [0.25, 0.3) is 0 Å². The van der Waals surface area contributed by atoms with Crippen molar-refractivity contribution < 1.29 is 19.2 Å². The summed E-state index contributed by atoms with van der Waals surface area (Å²) in [6, 6.07) is 1.64. The highest BCUT2D eigenvalue weighted by molar-refractivity contribution is 5.91. The Hall–Kier alpha value is -1.89. The normalized spacial score (nSPS) is 17.8. The Morgan fingerprint density at radius 2 is 2.32 bits per heavy atom. The lowest BCUT2D eigenvalue weighted by Crippen LogP contribution is -2.53. The van der Waals surface area contributed by atoms with E-state index in [-0.39, 0.29) is 24.3 Å². The predicted octanol–water partition coefficient (Wildman–Crippen LogP) is 0.574. The van der Waals surface area contributed by atoms with Crippen molar-refractivity contribution in [3.63, 3.8) is 0 Å². The van der Waals surface area contributed by atoms with Gasteiger partial charge in [0, 0.05) is 19.2 Å². The van der Waals surface area contributed by atoms with Gasteiger partial charge in [0.2, 0.25) is 5.91 Å². The van der Waals surface area contributed by atoms with Gasteiger partial charge in [-0.3, -0.25) is 14.5 Å². The summed E-state index contributed by atoms with van der Waals surface area (Å²) in [6.45, 7) is 4.96. The van der Waals surface area contributed by atoms with E-state index in [0.29, 0.717) is 24.7 Å². The second-order valence-corrected chi connectivity index (χ2v) is 4.95. The van der Waals surface area contributed by atoms with Crippen molar-refractivity contribution in [2.75, 3.05) is 25.0 Å². The van der Waals surface area contributed by atoms with E-state index >= 15 is 0 Å². The monoisotopic (exact) mass is 267 g/mol. The Morgan fingerprint density at radius 3 is 2.84 bits per heavy atom. The van der Waals surface area contributed by atoms with Crippen LogP contribution in [-0.4, -0.2) is 46.7 Å². The lowest BCUT2D eigenvalue weighted by Gasteiger charge is -2.40. The minimum Gasteiger partial charge on any atom is -0.481 e. The molecule has 2 heterocycles. The Balaban J connectivity index is 1.72. The van der Waals surface area contributed by atoms with Crippen molar-refractivity contribution in [2.24, 2.45) is 11.8 Å². The zero-order valence-electron chi connectivity index (χ0n) is 10.9. The Labute approximate surface area is 110 Å². The minimum atomic E-state index is -0.785. The number of hydrogen-bond donors (Lipinski definition) is 2. The molecule has 7 nitrogen and oxygen atoms in total. The number of hydrogen-bond acceptors (Lipinski definition) is 5. The van der Waals surface area contributed by atoms with Gasteiger partial charge in [0.15, 0.2) is 5.82 Å². The molecule has 0 radical (unpaired) electrons. The third kappa shape index (κ3) is 3.31. The van der Waals surface area contributed by atoms with Crippen LogP contribution in [0.2, 0.25) is 0 Å². The molecule has 19 heavy (non-hydrogen) atoms. The van der Waals surface area contributed by atoms with Gasteiger partial charge in [0.1, 0.15) is 5.76 Å². The summed E-state index contributed by atoms with van der Waals surface area (Å²) in [5, 5.41) is 15.2. The molecule has 2 rings (SSSR count). The first kappa shape index (κ1) is 13.5. The largest absolute Gasteiger partial charge is 0.481 e. The van der Waals surface area contributed by atoms with Crippen LogP contribution in [0, 0.1) is 18.8 Å². The van der Waals surface area contributed by atoms with Crippen LogP contribution >= 0.6 is 0 Å². The number of rotatable bonds is 5. The third-order valence-electron chi connectivity index (χ3n) is 3.34. The molecule has 1 fully saturated rings. The molecule has 0 spiro atoms. The number of anilines is 1. The summed E-state index contributed by atoms with van der Waals surface area (Å²) in [4.78, 5) is 24.4. The van der Waals surface area contributed by atoms with E-state index in [4.69, 9.17) is 9.63 Å². The standard InChI is InChI=1S/C12H17N3O4/c1-7-3-10(14-19-7)13-11(16)6-15-4-9(5-15)8(2)12(17)18/h3,8-9H,4-6H2,1-2H3,(H,17,18)(H,13,14,16). The number of aromatic nitrogens is 1. The molecular weight excluding hydrogens is 250 g/mol. The quantitative estimate of drug-likeness (QED) is 0.810. The first-order chi connectivity index (χ1) is 8.95. The van der Waals surface area contributed by atoms with E-state index in [1.807, 2.05) is 4.90 Å². The third-order valence-corrected chi connectivity index (χ3v) is 3.34. The van der Waals surface area contributed by atoms with Gasteiger partial charge in [-0.2, -0.15) is 0 Å². The average molecular weight is 267 g/mol. The van der Waals surface area contributed by atoms with Gasteiger partial charge < -0.3 is 14.9 Å². The van der Waals surface area contributed by atoms with Gasteiger partial charge in [-0.05, 0) is 12.8 Å². The van der Waals surface area contributed by atoms with Crippen molar-refractivity contribution >= 4 is 17.7 Å². The van der Waals surface area contributed by atoms with Gasteiger partial charge >= 0.3 is 5.97 Å². The number of aryl methyl sites for hydroxylation is 1. The minimum absolute atomic E-state index is 0.125. The van der Waals surface area contributed by atoms with Crippen LogP contribution in [0.4, 0.5) is 5.82 Å². The molecule has 104 valence electrons. The van der Waals surface area contributed by atoms with Crippen molar-refractivity contribution in [1.82, 2.24) is 10.1 Å². The SMILES string of the molecule is Cc1cc(NC(=O)CN2CC(C(C)C(=O)O)C2)no1. The molecule has 0 aromatic carbocycles. The number of nitrogens with zero attached hydrogens (tertiary/aromatic N) is 2. The zero-order chi connectivity index (χ0) is 14.0. The maximum atomic E-state index is 11.7. The van der Waals surface area contributed by atoms with Crippen LogP contribution in [0.3, 0.4) is 0 Å². The molecule has 0 saturated carbocycles. The van der Waals surface area contributed by atoms with E-state index in [1.54, 1.807) is 19.9 Å². The van der Waals surface area contributed by atoms with Gasteiger partial charge in [0.05, 0.1) is 12.5 Å². The van der Waals surface area contributed by atoms with Crippen molar-refractivity contribution in [3.8, 4) is 0 Å². The summed E-state index contributed by atoms with van der Waals surface area (Å²) >= 11 is 0. The van der Waals surface area contributed by atoms with E-state index in [1.165, 1.54) is 0 Å². The molecule has 1 unspecified atom stereocenters. The molecule has 1 amide bonds. The van der Waals surface area contributed by atoms with Crippen LogP contribution in [0.5, 0.6) is 0 Å². The number of likely N-dealkylation sites (tertiary alicyclic amines) is 1. The van der Waals surface area contributed by atoms with E-state index in [2.05, 4.69) is 10.5 Å². The number of carboxylic acids is 1. The molecule has 1 atom stereocenters. The fourth-order valence-electron chi connectivity index (χ4n) is 2.07. The van der Waals surface area contributed by atoms with Crippen LogP contribution in [-0.2, 0) is 9.59 Å². The molecule has 1 aliphatic rings. The first-order valence-corrected chi connectivity index (χ1v) is 6.14. The van der Waals surface area contributed by atoms with Crippen molar-refractivity contribution in [1.29, 1.82) is 0 Å². The Kier molecular flexibility index (Phi) is 3.84. The fraction of sp³-hybridized carbons (Fsp3) is 0.583. The summed E-state index contributed by atoms with van der Waals surface area (Å²) in [7, 11) is 0. The lowest BCUT2D eigenvalue weighted by atomic mass is 9.87. The predicted molar refractivity (Wildman–Crippen MR) is 66.6 cm³/mol. The number of aliphatic carboxylic acids is 1. The summed E-state index contributed by atoms with van der Waals surface area (Å²) in [5.41, 5.74) is 0. The summed E-state index contributed by atoms with van der Waals surface area (Å²) in [6.07, 6.45) is 0. The molecule has 7 heteroatoms. The Bertz CT molecular complexity index is 479. The number of carbonyl (C=O) groups is 2. The lowest BCUT2D eigenvalue weighted by molar-refractivity contribution is -0.145. The molecule has 1 saturated heterocycles. The number of amides is 1. The smallest absolute Gasteiger partial charge is 0.306 e. The maximum absolute atomic E-state index is 11.7. The second kappa shape index (κ2) is 5.40. The zero-order valence-corrected chi connectivity index (χ0v) is 10.9. The molecule has 1 aliphatic heterocycles. The molecule has 1 aromatic heterocycles. The molecule has 1 aromatic rings. The topological polar surface area (TPSA) is 95.7 Å². The van der Waals surface area contributed by atoms with Crippen LogP contribution in [0.15, 0.2) is 10.6 Å². The average Bonchev–Trinajstić information content (AvgIpc) is 2.67.